The predicted molar refractivity (Wildman–Crippen MR) is 95.0 cm³/mol. The first-order chi connectivity index (χ1) is 12.5. The number of anilines is 1. The van der Waals surface area contributed by atoms with Crippen molar-refractivity contribution in [2.24, 2.45) is 0 Å². The molecule has 0 aliphatic heterocycles. The molecule has 0 saturated carbocycles. The Labute approximate surface area is 149 Å². The number of hydrogen-bond donors (Lipinski definition) is 1. The molecule has 1 amide bonds. The molecule has 1 aromatic heterocycles. The number of hydrogen-bond acceptors (Lipinski definition) is 5. The number of halogens is 1. The fourth-order valence-electron chi connectivity index (χ4n) is 2.75. The van der Waals surface area contributed by atoms with Gasteiger partial charge >= 0.3 is 0 Å². The quantitative estimate of drug-likeness (QED) is 0.741. The number of methoxy groups -OCH3 is 3. The highest BCUT2D eigenvalue weighted by Gasteiger charge is 2.20. The van der Waals surface area contributed by atoms with Gasteiger partial charge in [0.2, 0.25) is 5.75 Å². The molecule has 0 radical (unpaired) electrons. The molecule has 3 aromatic rings. The summed E-state index contributed by atoms with van der Waals surface area (Å²) in [6.07, 6.45) is 0. The SMILES string of the molecule is COc1cc(NC(=O)c2oc3ccc(F)cc3c2C)cc(OC)c1OC. The molecular formula is C19H18FNO5. The van der Waals surface area contributed by atoms with E-state index < -0.39 is 11.7 Å². The summed E-state index contributed by atoms with van der Waals surface area (Å²) in [4.78, 5) is 12.6. The highest BCUT2D eigenvalue weighted by Crippen LogP contribution is 2.40. The molecule has 0 aliphatic rings. The number of benzene rings is 2. The van der Waals surface area contributed by atoms with Crippen LogP contribution in [0, 0.1) is 12.7 Å². The minimum Gasteiger partial charge on any atom is -0.493 e. The molecule has 26 heavy (non-hydrogen) atoms. The molecule has 136 valence electrons. The molecule has 3 rings (SSSR count). The van der Waals surface area contributed by atoms with Crippen LogP contribution < -0.4 is 19.5 Å². The zero-order chi connectivity index (χ0) is 18.8. The van der Waals surface area contributed by atoms with Gasteiger partial charge in [-0.25, -0.2) is 4.39 Å². The Kier molecular flexibility index (Phi) is 4.71. The number of nitrogens with one attached hydrogen (secondary N) is 1. The fourth-order valence-corrected chi connectivity index (χ4v) is 2.75. The molecule has 0 fully saturated rings. The number of amides is 1. The summed E-state index contributed by atoms with van der Waals surface area (Å²) >= 11 is 0. The monoisotopic (exact) mass is 359 g/mol. The van der Waals surface area contributed by atoms with Crippen molar-refractivity contribution in [1.29, 1.82) is 0 Å². The lowest BCUT2D eigenvalue weighted by Crippen LogP contribution is -2.12. The average Bonchev–Trinajstić information content (AvgIpc) is 2.97. The summed E-state index contributed by atoms with van der Waals surface area (Å²) in [5, 5.41) is 3.29. The zero-order valence-electron chi connectivity index (χ0n) is 14.8. The number of fused-ring (bicyclic) bond motifs is 1. The molecule has 0 spiro atoms. The topological polar surface area (TPSA) is 69.9 Å². The third kappa shape index (κ3) is 3.03. The second kappa shape index (κ2) is 6.95. The van der Waals surface area contributed by atoms with Gasteiger partial charge in [-0.3, -0.25) is 4.79 Å². The van der Waals surface area contributed by atoms with Gasteiger partial charge in [-0.05, 0) is 25.1 Å². The Morgan fingerprint density at radius 1 is 1.04 bits per heavy atom. The summed E-state index contributed by atoms with van der Waals surface area (Å²) < 4.78 is 34.8. The van der Waals surface area contributed by atoms with Crippen LogP contribution in [0.2, 0.25) is 0 Å². The Morgan fingerprint density at radius 2 is 1.69 bits per heavy atom. The van der Waals surface area contributed by atoms with E-state index in [2.05, 4.69) is 5.32 Å². The van der Waals surface area contributed by atoms with Gasteiger partial charge in [-0.2, -0.15) is 0 Å². The van der Waals surface area contributed by atoms with Crippen molar-refractivity contribution in [3.63, 3.8) is 0 Å². The number of furan rings is 1. The normalized spacial score (nSPS) is 10.7. The van der Waals surface area contributed by atoms with Crippen LogP contribution in [0.15, 0.2) is 34.7 Å². The van der Waals surface area contributed by atoms with Gasteiger partial charge in [0.1, 0.15) is 11.4 Å². The van der Waals surface area contributed by atoms with Crippen LogP contribution in [0.1, 0.15) is 16.1 Å². The lowest BCUT2D eigenvalue weighted by atomic mass is 10.1. The molecule has 1 N–H and O–H groups in total. The number of carbonyl (C=O) groups is 1. The fraction of sp³-hybridized carbons (Fsp3) is 0.211. The van der Waals surface area contributed by atoms with Crippen molar-refractivity contribution in [2.75, 3.05) is 26.6 Å². The van der Waals surface area contributed by atoms with Crippen molar-refractivity contribution < 1.29 is 27.8 Å². The van der Waals surface area contributed by atoms with E-state index >= 15 is 0 Å². The van der Waals surface area contributed by atoms with Crippen LogP contribution >= 0.6 is 0 Å². The van der Waals surface area contributed by atoms with E-state index in [4.69, 9.17) is 18.6 Å². The van der Waals surface area contributed by atoms with Crippen molar-refractivity contribution in [2.45, 2.75) is 6.92 Å². The van der Waals surface area contributed by atoms with Crippen LogP contribution in [0.3, 0.4) is 0 Å². The molecule has 2 aromatic carbocycles. The largest absolute Gasteiger partial charge is 0.493 e. The molecule has 0 unspecified atom stereocenters. The highest BCUT2D eigenvalue weighted by molar-refractivity contribution is 6.06. The summed E-state index contributed by atoms with van der Waals surface area (Å²) in [6, 6.07) is 7.33. The minimum atomic E-state index is -0.464. The van der Waals surface area contributed by atoms with Crippen molar-refractivity contribution >= 4 is 22.6 Å². The van der Waals surface area contributed by atoms with E-state index in [0.717, 1.165) is 0 Å². The van der Waals surface area contributed by atoms with E-state index in [1.807, 2.05) is 0 Å². The third-order valence-corrected chi connectivity index (χ3v) is 4.03. The van der Waals surface area contributed by atoms with Gasteiger partial charge in [0.25, 0.3) is 5.91 Å². The van der Waals surface area contributed by atoms with Crippen molar-refractivity contribution in [1.82, 2.24) is 0 Å². The number of rotatable bonds is 5. The third-order valence-electron chi connectivity index (χ3n) is 4.03. The molecule has 6 nitrogen and oxygen atoms in total. The maximum atomic E-state index is 13.4. The first-order valence-electron chi connectivity index (χ1n) is 7.78. The Bertz CT molecular complexity index is 954. The first kappa shape index (κ1) is 17.6. The second-order valence-electron chi connectivity index (χ2n) is 5.56. The summed E-state index contributed by atoms with van der Waals surface area (Å²) in [7, 11) is 4.47. The Morgan fingerprint density at radius 3 is 2.27 bits per heavy atom. The van der Waals surface area contributed by atoms with Crippen LogP contribution in [-0.2, 0) is 0 Å². The van der Waals surface area contributed by atoms with Gasteiger partial charge in [-0.15, -0.1) is 0 Å². The number of ether oxygens (including phenoxy) is 3. The van der Waals surface area contributed by atoms with Crippen molar-refractivity contribution in [3.05, 3.63) is 47.5 Å². The molecule has 0 aliphatic carbocycles. The van der Waals surface area contributed by atoms with Crippen LogP contribution in [0.5, 0.6) is 17.2 Å². The van der Waals surface area contributed by atoms with Gasteiger partial charge in [0.05, 0.1) is 21.3 Å². The molecule has 7 heteroatoms. The van der Waals surface area contributed by atoms with Gasteiger partial charge in [0.15, 0.2) is 17.3 Å². The van der Waals surface area contributed by atoms with E-state index in [1.165, 1.54) is 39.5 Å². The molecule has 0 atom stereocenters. The summed E-state index contributed by atoms with van der Waals surface area (Å²) in [5.74, 6) is 0.491. The highest BCUT2D eigenvalue weighted by atomic mass is 19.1. The molecule has 0 saturated heterocycles. The van der Waals surface area contributed by atoms with E-state index in [0.29, 0.717) is 39.5 Å². The molecule has 0 bridgehead atoms. The van der Waals surface area contributed by atoms with E-state index in [-0.39, 0.29) is 5.76 Å². The van der Waals surface area contributed by atoms with Gasteiger partial charge in [0, 0.05) is 28.8 Å². The smallest absolute Gasteiger partial charge is 0.291 e. The maximum absolute atomic E-state index is 13.4. The lowest BCUT2D eigenvalue weighted by molar-refractivity contribution is 0.0998. The lowest BCUT2D eigenvalue weighted by Gasteiger charge is -2.14. The van der Waals surface area contributed by atoms with Crippen LogP contribution in [0.4, 0.5) is 10.1 Å². The zero-order valence-corrected chi connectivity index (χ0v) is 14.8. The first-order valence-corrected chi connectivity index (χ1v) is 7.78. The number of carbonyl (C=O) groups excluding carboxylic acids is 1. The Hall–Kier alpha value is -3.22. The molecular weight excluding hydrogens is 341 g/mol. The van der Waals surface area contributed by atoms with Gasteiger partial charge < -0.3 is 23.9 Å². The Balaban J connectivity index is 1.97. The van der Waals surface area contributed by atoms with Crippen molar-refractivity contribution in [3.8, 4) is 17.2 Å². The predicted octanol–water partition coefficient (Wildman–Crippen LogP) is 4.16. The average molecular weight is 359 g/mol. The summed E-state index contributed by atoms with van der Waals surface area (Å²) in [6.45, 7) is 1.70. The van der Waals surface area contributed by atoms with Crippen LogP contribution in [0.25, 0.3) is 11.0 Å². The number of aryl methyl sites for hydroxylation is 1. The van der Waals surface area contributed by atoms with E-state index in [1.54, 1.807) is 19.1 Å². The minimum absolute atomic E-state index is 0.111. The second-order valence-corrected chi connectivity index (χ2v) is 5.56. The van der Waals surface area contributed by atoms with E-state index in [9.17, 15) is 9.18 Å². The molecule has 1 heterocycles. The summed E-state index contributed by atoms with van der Waals surface area (Å²) in [5.41, 5.74) is 1.44. The van der Waals surface area contributed by atoms with Gasteiger partial charge in [-0.1, -0.05) is 0 Å². The standard InChI is InChI=1S/C19H18FNO5/c1-10-13-7-11(20)5-6-14(13)26-17(10)19(22)21-12-8-15(23-2)18(25-4)16(9-12)24-3/h5-9H,1-4H3,(H,21,22). The van der Waals surface area contributed by atoms with Crippen LogP contribution in [-0.4, -0.2) is 27.2 Å². The maximum Gasteiger partial charge on any atom is 0.291 e.